The molecule has 0 spiro atoms. The maximum Gasteiger partial charge on any atom is 0.318 e. The molecule has 0 aliphatic carbocycles. The summed E-state index contributed by atoms with van der Waals surface area (Å²) >= 11 is 0. The number of hydrogen-bond acceptors (Lipinski definition) is 3. The van der Waals surface area contributed by atoms with Crippen molar-refractivity contribution in [2.24, 2.45) is 0 Å². The minimum absolute atomic E-state index is 0.135. The lowest BCUT2D eigenvalue weighted by atomic mass is 9.79. The molecule has 0 aromatic heterocycles. The third kappa shape index (κ3) is 3.97. The number of carbonyl (C=O) groups is 2. The van der Waals surface area contributed by atoms with Crippen LogP contribution >= 0.6 is 0 Å². The molecule has 1 N–H and O–H groups in total. The predicted molar refractivity (Wildman–Crippen MR) is 87.0 cm³/mol. The Kier molecular flexibility index (Phi) is 5.16. The van der Waals surface area contributed by atoms with Crippen molar-refractivity contribution in [1.82, 2.24) is 0 Å². The Bertz CT molecular complexity index is 666. The number of rotatable bonds is 6. The number of benzene rings is 2. The molecule has 0 heterocycles. The van der Waals surface area contributed by atoms with E-state index >= 15 is 0 Å². The normalized spacial score (nSPS) is 14.5. The van der Waals surface area contributed by atoms with Crippen LogP contribution in [0.3, 0.4) is 0 Å². The quantitative estimate of drug-likeness (QED) is 0.652. The zero-order valence-corrected chi connectivity index (χ0v) is 13.2. The van der Waals surface area contributed by atoms with Crippen LogP contribution in [-0.2, 0) is 19.9 Å². The SMILES string of the molecule is CC(c1ccccc1)C(C)(OC(=O)CC(=O)O)c1ccccc1. The molecule has 0 aliphatic rings. The highest BCUT2D eigenvalue weighted by Crippen LogP contribution is 2.40. The van der Waals surface area contributed by atoms with E-state index in [0.717, 1.165) is 11.1 Å². The van der Waals surface area contributed by atoms with Crippen molar-refractivity contribution in [2.45, 2.75) is 31.8 Å². The Hall–Kier alpha value is -2.62. The summed E-state index contributed by atoms with van der Waals surface area (Å²) in [6.07, 6.45) is -0.649. The second kappa shape index (κ2) is 7.09. The van der Waals surface area contributed by atoms with Crippen LogP contribution in [0, 0.1) is 0 Å². The maximum absolute atomic E-state index is 12.0. The molecule has 0 saturated carbocycles. The van der Waals surface area contributed by atoms with Crippen LogP contribution < -0.4 is 0 Å². The summed E-state index contributed by atoms with van der Waals surface area (Å²) in [5.41, 5.74) is 0.895. The molecule has 0 fully saturated rings. The lowest BCUT2D eigenvalue weighted by Gasteiger charge is -2.36. The summed E-state index contributed by atoms with van der Waals surface area (Å²) in [7, 11) is 0. The molecule has 120 valence electrons. The molecule has 2 unspecified atom stereocenters. The van der Waals surface area contributed by atoms with E-state index in [2.05, 4.69) is 0 Å². The van der Waals surface area contributed by atoms with Gasteiger partial charge in [0.15, 0.2) is 0 Å². The van der Waals surface area contributed by atoms with Crippen LogP contribution in [0.25, 0.3) is 0 Å². The zero-order chi connectivity index (χ0) is 16.9. The molecule has 0 amide bonds. The van der Waals surface area contributed by atoms with Crippen molar-refractivity contribution >= 4 is 11.9 Å². The van der Waals surface area contributed by atoms with Gasteiger partial charge in [-0.05, 0) is 18.1 Å². The molecule has 4 heteroatoms. The van der Waals surface area contributed by atoms with Gasteiger partial charge in [0.1, 0.15) is 12.0 Å². The number of hydrogen-bond donors (Lipinski definition) is 1. The molecule has 2 aromatic rings. The number of esters is 1. The third-order valence-corrected chi connectivity index (χ3v) is 4.09. The topological polar surface area (TPSA) is 63.6 Å². The van der Waals surface area contributed by atoms with Crippen LogP contribution in [0.15, 0.2) is 60.7 Å². The van der Waals surface area contributed by atoms with E-state index in [1.165, 1.54) is 0 Å². The molecule has 0 saturated heterocycles. The van der Waals surface area contributed by atoms with Crippen molar-refractivity contribution in [3.8, 4) is 0 Å². The summed E-state index contributed by atoms with van der Waals surface area (Å²) < 4.78 is 5.63. The number of carboxylic acids is 1. The van der Waals surface area contributed by atoms with Crippen LogP contribution in [0.5, 0.6) is 0 Å². The van der Waals surface area contributed by atoms with E-state index in [4.69, 9.17) is 9.84 Å². The zero-order valence-electron chi connectivity index (χ0n) is 13.2. The molecular formula is C19H20O4. The molecule has 0 radical (unpaired) electrons. The van der Waals surface area contributed by atoms with Gasteiger partial charge in [-0.15, -0.1) is 0 Å². The largest absolute Gasteiger partial charge is 0.481 e. The van der Waals surface area contributed by atoms with Crippen LogP contribution in [-0.4, -0.2) is 17.0 Å². The molecule has 2 atom stereocenters. The molecule has 2 aromatic carbocycles. The fraction of sp³-hybridized carbons (Fsp3) is 0.263. The van der Waals surface area contributed by atoms with Gasteiger partial charge in [-0.2, -0.15) is 0 Å². The highest BCUT2D eigenvalue weighted by atomic mass is 16.6. The van der Waals surface area contributed by atoms with Gasteiger partial charge in [-0.3, -0.25) is 9.59 Å². The van der Waals surface area contributed by atoms with E-state index in [9.17, 15) is 9.59 Å². The molecule has 4 nitrogen and oxygen atoms in total. The first-order valence-electron chi connectivity index (χ1n) is 7.47. The molecule has 23 heavy (non-hydrogen) atoms. The average Bonchev–Trinajstić information content (AvgIpc) is 2.54. The Morgan fingerprint density at radius 1 is 1.04 bits per heavy atom. The molecule has 0 bridgehead atoms. The minimum atomic E-state index is -1.20. The second-order valence-electron chi connectivity index (χ2n) is 5.65. The van der Waals surface area contributed by atoms with Gasteiger partial charge in [-0.25, -0.2) is 0 Å². The Morgan fingerprint density at radius 3 is 2.09 bits per heavy atom. The minimum Gasteiger partial charge on any atom is -0.481 e. The number of aliphatic carboxylic acids is 1. The van der Waals surface area contributed by atoms with Crippen molar-refractivity contribution in [2.75, 3.05) is 0 Å². The number of carboxylic acid groups (broad SMARTS) is 1. The van der Waals surface area contributed by atoms with Crippen LogP contribution in [0.1, 0.15) is 37.3 Å². The van der Waals surface area contributed by atoms with Gasteiger partial charge < -0.3 is 9.84 Å². The van der Waals surface area contributed by atoms with Crippen molar-refractivity contribution in [3.63, 3.8) is 0 Å². The fourth-order valence-corrected chi connectivity index (χ4v) is 2.62. The van der Waals surface area contributed by atoms with Gasteiger partial charge in [0, 0.05) is 5.92 Å². The van der Waals surface area contributed by atoms with Crippen LogP contribution in [0.2, 0.25) is 0 Å². The second-order valence-corrected chi connectivity index (χ2v) is 5.65. The number of carbonyl (C=O) groups excluding carboxylic acids is 1. The first-order chi connectivity index (χ1) is 10.9. The molecule has 0 aliphatic heterocycles. The summed E-state index contributed by atoms with van der Waals surface area (Å²) in [6.45, 7) is 3.79. The monoisotopic (exact) mass is 312 g/mol. The Morgan fingerprint density at radius 2 is 1.57 bits per heavy atom. The first-order valence-corrected chi connectivity index (χ1v) is 7.47. The van der Waals surface area contributed by atoms with E-state index in [-0.39, 0.29) is 5.92 Å². The highest BCUT2D eigenvalue weighted by Gasteiger charge is 2.38. The van der Waals surface area contributed by atoms with E-state index in [0.29, 0.717) is 0 Å². The summed E-state index contributed by atoms with van der Waals surface area (Å²) in [5, 5.41) is 8.81. The summed E-state index contributed by atoms with van der Waals surface area (Å²) in [5.74, 6) is -2.08. The maximum atomic E-state index is 12.0. The predicted octanol–water partition coefficient (Wildman–Crippen LogP) is 3.72. The number of ether oxygens (including phenoxy) is 1. The van der Waals surface area contributed by atoms with Gasteiger partial charge in [-0.1, -0.05) is 67.6 Å². The van der Waals surface area contributed by atoms with Crippen molar-refractivity contribution in [3.05, 3.63) is 71.8 Å². The van der Waals surface area contributed by atoms with E-state index < -0.39 is 24.0 Å². The Balaban J connectivity index is 2.39. The smallest absolute Gasteiger partial charge is 0.318 e. The lowest BCUT2D eigenvalue weighted by molar-refractivity contribution is -0.165. The van der Waals surface area contributed by atoms with E-state index in [1.54, 1.807) is 0 Å². The van der Waals surface area contributed by atoms with E-state index in [1.807, 2.05) is 74.5 Å². The average molecular weight is 312 g/mol. The van der Waals surface area contributed by atoms with Gasteiger partial charge in [0.05, 0.1) is 0 Å². The first kappa shape index (κ1) is 16.7. The molecule has 2 rings (SSSR count). The third-order valence-electron chi connectivity index (χ3n) is 4.09. The van der Waals surface area contributed by atoms with Gasteiger partial charge in [0.2, 0.25) is 0 Å². The van der Waals surface area contributed by atoms with Crippen molar-refractivity contribution < 1.29 is 19.4 Å². The van der Waals surface area contributed by atoms with Crippen LogP contribution in [0.4, 0.5) is 0 Å². The van der Waals surface area contributed by atoms with Gasteiger partial charge in [0.25, 0.3) is 0 Å². The highest BCUT2D eigenvalue weighted by molar-refractivity contribution is 5.90. The van der Waals surface area contributed by atoms with Gasteiger partial charge >= 0.3 is 11.9 Å². The Labute approximate surface area is 135 Å². The lowest BCUT2D eigenvalue weighted by Crippen LogP contribution is -2.35. The standard InChI is InChI=1S/C19H20O4/c1-14(15-9-5-3-6-10-15)19(2,16-11-7-4-8-12-16)23-18(22)13-17(20)21/h3-12,14H,13H2,1-2H3,(H,20,21). The summed E-state index contributed by atoms with van der Waals surface area (Å²) in [6, 6.07) is 19.1. The molecular weight excluding hydrogens is 292 g/mol. The van der Waals surface area contributed by atoms with Crippen molar-refractivity contribution in [1.29, 1.82) is 0 Å². The fourth-order valence-electron chi connectivity index (χ4n) is 2.62. The summed E-state index contributed by atoms with van der Waals surface area (Å²) in [4.78, 5) is 22.7.